The lowest BCUT2D eigenvalue weighted by Gasteiger charge is -2.62. The quantitative estimate of drug-likeness (QED) is 0.442. The van der Waals surface area contributed by atoms with Crippen LogP contribution in [-0.2, 0) is 23.9 Å². The molecule has 2 unspecified atom stereocenters. The molecule has 6 atom stereocenters. The number of ether oxygens (including phenoxy) is 2. The number of cyclic esters (lactones) is 1. The fourth-order valence-corrected chi connectivity index (χ4v) is 7.08. The molecule has 4 fully saturated rings. The summed E-state index contributed by atoms with van der Waals surface area (Å²) in [5, 5.41) is 10.5. The SMILES string of the molecule is C=C1C(=O)C23C[C@H]1CC[C@H]2[C@]1(COC3=O)C(OC(C)=O)CCC(C)(C)[C@H]1CO. The van der Waals surface area contributed by atoms with Crippen molar-refractivity contribution in [1.82, 2.24) is 0 Å². The fourth-order valence-electron chi connectivity index (χ4n) is 7.08. The monoisotopic (exact) mass is 390 g/mol. The molecule has 0 aromatic carbocycles. The number of Topliss-reactive ketones (excluding diaryl/α,β-unsaturated/α-hetero) is 1. The number of carbonyl (C=O) groups is 3. The van der Waals surface area contributed by atoms with E-state index in [1.807, 2.05) is 0 Å². The van der Waals surface area contributed by atoms with Gasteiger partial charge in [-0.2, -0.15) is 0 Å². The maximum Gasteiger partial charge on any atom is 0.320 e. The maximum absolute atomic E-state index is 13.3. The predicted molar refractivity (Wildman–Crippen MR) is 99.9 cm³/mol. The normalized spacial score (nSPS) is 44.2. The van der Waals surface area contributed by atoms with Gasteiger partial charge in [0.2, 0.25) is 0 Å². The lowest BCUT2D eigenvalue weighted by Crippen LogP contribution is -2.68. The van der Waals surface area contributed by atoms with E-state index in [1.165, 1.54) is 6.92 Å². The van der Waals surface area contributed by atoms with Crippen LogP contribution in [0.1, 0.15) is 52.9 Å². The summed E-state index contributed by atoms with van der Waals surface area (Å²) >= 11 is 0. The number of carbonyl (C=O) groups excluding carboxylic acids is 3. The number of fused-ring (bicyclic) bond motifs is 2. The molecule has 0 radical (unpaired) electrons. The molecule has 0 amide bonds. The van der Waals surface area contributed by atoms with Crippen LogP contribution in [0.2, 0.25) is 0 Å². The Kier molecular flexibility index (Phi) is 4.31. The molecule has 2 spiro atoms. The number of aliphatic hydroxyl groups excluding tert-OH is 1. The molecular weight excluding hydrogens is 360 g/mol. The second-order valence-corrected chi connectivity index (χ2v) is 9.91. The summed E-state index contributed by atoms with van der Waals surface area (Å²) in [6.45, 7) is 9.53. The van der Waals surface area contributed by atoms with Crippen LogP contribution in [0.4, 0.5) is 0 Å². The second-order valence-electron chi connectivity index (χ2n) is 9.91. The number of esters is 2. The largest absolute Gasteiger partial charge is 0.464 e. The molecule has 0 aromatic heterocycles. The molecular formula is C22H30O6. The molecule has 4 rings (SSSR count). The average Bonchev–Trinajstić information content (AvgIpc) is 2.82. The number of allylic oxidation sites excluding steroid dienone is 1. The first-order valence-electron chi connectivity index (χ1n) is 10.3. The Morgan fingerprint density at radius 2 is 2.00 bits per heavy atom. The van der Waals surface area contributed by atoms with E-state index >= 15 is 0 Å². The minimum atomic E-state index is -1.24. The van der Waals surface area contributed by atoms with Crippen LogP contribution in [0.5, 0.6) is 0 Å². The number of hydrogen-bond acceptors (Lipinski definition) is 6. The Balaban J connectivity index is 1.90. The molecule has 6 nitrogen and oxygen atoms in total. The van der Waals surface area contributed by atoms with E-state index in [-0.39, 0.29) is 48.1 Å². The highest BCUT2D eigenvalue weighted by atomic mass is 16.6. The highest BCUT2D eigenvalue weighted by molar-refractivity contribution is 6.15. The molecule has 6 heteroatoms. The van der Waals surface area contributed by atoms with E-state index in [9.17, 15) is 19.5 Å². The highest BCUT2D eigenvalue weighted by Gasteiger charge is 2.74. The van der Waals surface area contributed by atoms with Crippen molar-refractivity contribution >= 4 is 17.7 Å². The van der Waals surface area contributed by atoms with Gasteiger partial charge in [-0.25, -0.2) is 0 Å². The van der Waals surface area contributed by atoms with Crippen molar-refractivity contribution in [1.29, 1.82) is 0 Å². The van der Waals surface area contributed by atoms with Gasteiger partial charge >= 0.3 is 11.9 Å². The fraction of sp³-hybridized carbons (Fsp3) is 0.773. The molecule has 1 aliphatic heterocycles. The topological polar surface area (TPSA) is 89.9 Å². The predicted octanol–water partition coefficient (Wildman–Crippen LogP) is 2.43. The number of rotatable bonds is 2. The summed E-state index contributed by atoms with van der Waals surface area (Å²) in [6, 6.07) is 0. The van der Waals surface area contributed by atoms with Crippen LogP contribution in [0.3, 0.4) is 0 Å². The zero-order valence-electron chi connectivity index (χ0n) is 17.0. The van der Waals surface area contributed by atoms with Crippen molar-refractivity contribution in [2.45, 2.75) is 59.0 Å². The summed E-state index contributed by atoms with van der Waals surface area (Å²) < 4.78 is 11.5. The molecule has 3 aliphatic carbocycles. The van der Waals surface area contributed by atoms with Crippen molar-refractivity contribution < 1.29 is 29.0 Å². The van der Waals surface area contributed by atoms with Crippen LogP contribution in [0, 0.1) is 34.0 Å². The van der Waals surface area contributed by atoms with Gasteiger partial charge in [-0.15, -0.1) is 0 Å². The van der Waals surface area contributed by atoms with Crippen LogP contribution >= 0.6 is 0 Å². The molecule has 0 aromatic rings. The van der Waals surface area contributed by atoms with Gasteiger partial charge in [0.1, 0.15) is 18.1 Å². The summed E-state index contributed by atoms with van der Waals surface area (Å²) in [6.07, 6.45) is 2.83. The van der Waals surface area contributed by atoms with Gasteiger partial charge in [-0.3, -0.25) is 14.4 Å². The number of hydrogen-bond donors (Lipinski definition) is 1. The smallest absolute Gasteiger partial charge is 0.320 e. The first-order valence-corrected chi connectivity index (χ1v) is 10.3. The van der Waals surface area contributed by atoms with Gasteiger partial charge < -0.3 is 14.6 Å². The summed E-state index contributed by atoms with van der Waals surface area (Å²) in [5.41, 5.74) is -1.71. The van der Waals surface area contributed by atoms with E-state index in [2.05, 4.69) is 20.4 Å². The third kappa shape index (κ3) is 2.27. The van der Waals surface area contributed by atoms with Gasteiger partial charge in [-0.05, 0) is 60.8 Å². The van der Waals surface area contributed by atoms with Gasteiger partial charge in [0, 0.05) is 13.5 Å². The van der Waals surface area contributed by atoms with Gasteiger partial charge in [-0.1, -0.05) is 20.4 Å². The first kappa shape index (κ1) is 19.6. The minimum Gasteiger partial charge on any atom is -0.464 e. The average molecular weight is 390 g/mol. The first-order chi connectivity index (χ1) is 13.1. The van der Waals surface area contributed by atoms with Crippen molar-refractivity contribution in [3.63, 3.8) is 0 Å². The van der Waals surface area contributed by atoms with Crippen LogP contribution in [-0.4, -0.2) is 42.1 Å². The maximum atomic E-state index is 13.3. The molecule has 4 aliphatic rings. The molecule has 28 heavy (non-hydrogen) atoms. The summed E-state index contributed by atoms with van der Waals surface area (Å²) in [7, 11) is 0. The van der Waals surface area contributed by atoms with E-state index < -0.39 is 22.9 Å². The Labute approximate surface area is 165 Å². The van der Waals surface area contributed by atoms with Gasteiger partial charge in [0.05, 0.1) is 5.41 Å². The summed E-state index contributed by atoms with van der Waals surface area (Å²) in [4.78, 5) is 38.2. The zero-order valence-corrected chi connectivity index (χ0v) is 17.0. The van der Waals surface area contributed by atoms with Crippen molar-refractivity contribution in [2.24, 2.45) is 34.0 Å². The lowest BCUT2D eigenvalue weighted by molar-refractivity contribution is -0.247. The van der Waals surface area contributed by atoms with E-state index in [1.54, 1.807) is 0 Å². The Bertz CT molecular complexity index is 754. The van der Waals surface area contributed by atoms with E-state index in [4.69, 9.17) is 9.47 Å². The molecule has 154 valence electrons. The molecule has 2 bridgehead atoms. The van der Waals surface area contributed by atoms with Crippen molar-refractivity contribution in [3.8, 4) is 0 Å². The van der Waals surface area contributed by atoms with Crippen molar-refractivity contribution in [3.05, 3.63) is 12.2 Å². The Morgan fingerprint density at radius 3 is 2.64 bits per heavy atom. The third-order valence-corrected chi connectivity index (χ3v) is 8.36. The minimum absolute atomic E-state index is 0.0165. The zero-order chi connectivity index (χ0) is 20.5. The Morgan fingerprint density at radius 1 is 1.29 bits per heavy atom. The molecule has 1 N–H and O–H groups in total. The highest BCUT2D eigenvalue weighted by Crippen LogP contribution is 2.68. The Hall–Kier alpha value is -1.69. The third-order valence-electron chi connectivity index (χ3n) is 8.36. The van der Waals surface area contributed by atoms with E-state index in [0.29, 0.717) is 24.8 Å². The molecule has 1 heterocycles. The molecule has 1 saturated heterocycles. The summed E-state index contributed by atoms with van der Waals surface area (Å²) in [5.74, 6) is -1.59. The van der Waals surface area contributed by atoms with Crippen molar-refractivity contribution in [2.75, 3.05) is 13.2 Å². The second kappa shape index (κ2) is 6.15. The molecule has 3 saturated carbocycles. The van der Waals surface area contributed by atoms with Gasteiger partial charge in [0.25, 0.3) is 0 Å². The van der Waals surface area contributed by atoms with Crippen LogP contribution in [0.25, 0.3) is 0 Å². The lowest BCUT2D eigenvalue weighted by atomic mass is 9.44. The standard InChI is InChI=1S/C22H30O6/c1-12-14-5-6-15-21(9-14,18(12)25)19(26)27-11-22(15)16(10-23)20(3,4)8-7-17(22)28-13(2)24/h14-17,23H,1,5-11H2,2-4H3/t14-,15-,16-,17?,21?,22+/m1/s1. The van der Waals surface area contributed by atoms with Crippen LogP contribution < -0.4 is 0 Å². The van der Waals surface area contributed by atoms with E-state index in [0.717, 1.165) is 12.8 Å². The number of ketones is 1. The van der Waals surface area contributed by atoms with Crippen LogP contribution in [0.15, 0.2) is 12.2 Å². The number of aliphatic hydroxyl groups is 1. The van der Waals surface area contributed by atoms with Gasteiger partial charge in [0.15, 0.2) is 5.78 Å².